The van der Waals surface area contributed by atoms with Gasteiger partial charge in [0.15, 0.2) is 0 Å². The van der Waals surface area contributed by atoms with Crippen molar-refractivity contribution in [2.24, 2.45) is 0 Å². The van der Waals surface area contributed by atoms with E-state index in [2.05, 4.69) is 43.3 Å². The molecule has 3 rings (SSSR count). The third-order valence-electron chi connectivity index (χ3n) is 3.16. The first kappa shape index (κ1) is 18.9. The molecule has 0 saturated carbocycles. The van der Waals surface area contributed by atoms with Gasteiger partial charge in [-0.1, -0.05) is 49.4 Å². The molecule has 0 N–H and O–H groups in total. The zero-order valence-corrected chi connectivity index (χ0v) is 16.4. The maximum atomic E-state index is 6.00. The molecule has 3 aromatic rings. The number of benzene rings is 2. The Labute approximate surface area is 155 Å². The van der Waals surface area contributed by atoms with Gasteiger partial charge in [-0.15, -0.1) is 0 Å². The zero-order chi connectivity index (χ0) is 16.9. The summed E-state index contributed by atoms with van der Waals surface area (Å²) in [7, 11) is 17.2. The van der Waals surface area contributed by atoms with Gasteiger partial charge in [0.25, 0.3) is 0 Å². The molecule has 1 aromatic heterocycles. The Bertz CT molecular complexity index is 766. The van der Waals surface area contributed by atoms with Crippen molar-refractivity contribution in [3.05, 3.63) is 66.4 Å². The van der Waals surface area contributed by atoms with Crippen molar-refractivity contribution in [1.82, 2.24) is 0 Å². The zero-order valence-electron chi connectivity index (χ0n) is 12.3. The summed E-state index contributed by atoms with van der Waals surface area (Å²) in [4.78, 5) is 0. The Balaban J connectivity index is 0.000000338. The van der Waals surface area contributed by atoms with Crippen LogP contribution in [0.4, 0.5) is 0 Å². The molecule has 0 amide bonds. The molecule has 0 fully saturated rings. The molecule has 0 atom stereocenters. The average molecular weight is 433 g/mol. The van der Waals surface area contributed by atoms with Crippen molar-refractivity contribution in [1.29, 1.82) is 0 Å². The number of fused-ring (bicyclic) bond motifs is 1. The third-order valence-corrected chi connectivity index (χ3v) is 3.16. The van der Waals surface area contributed by atoms with E-state index in [0.29, 0.717) is 0 Å². The summed E-state index contributed by atoms with van der Waals surface area (Å²) in [6, 6.07) is 20.8. The Kier molecular flexibility index (Phi) is 7.03. The number of aryl methyl sites for hydroxylation is 1. The van der Waals surface area contributed by atoms with Crippen LogP contribution in [0.5, 0.6) is 0 Å². The second-order valence-electron chi connectivity index (χ2n) is 4.64. The second kappa shape index (κ2) is 8.58. The van der Waals surface area contributed by atoms with Crippen molar-refractivity contribution >= 4 is 51.4 Å². The summed E-state index contributed by atoms with van der Waals surface area (Å²) in [6.07, 6.45) is 0.898. The predicted molar refractivity (Wildman–Crippen MR) is 98.8 cm³/mol. The predicted octanol–water partition coefficient (Wildman–Crippen LogP) is 7.70. The first-order valence-corrected chi connectivity index (χ1v) is 12.9. The van der Waals surface area contributed by atoms with Crippen LogP contribution in [0, 0.1) is 0 Å². The third kappa shape index (κ3) is 6.15. The summed E-state index contributed by atoms with van der Waals surface area (Å²) in [5, 5.41) is 1.15. The SMILES string of the molecule is CCc1[o+]c2ccccc2cc1-c1ccccc1.[Cl][Fe-]([Cl])([Cl])[Cl]. The van der Waals surface area contributed by atoms with Crippen molar-refractivity contribution in [2.75, 3.05) is 0 Å². The van der Waals surface area contributed by atoms with E-state index < -0.39 is 9.20 Å². The number of halogens is 4. The van der Waals surface area contributed by atoms with Crippen LogP contribution in [0.15, 0.2) is 65.1 Å². The molecule has 0 aliphatic heterocycles. The molecule has 0 aliphatic rings. The van der Waals surface area contributed by atoms with Crippen LogP contribution in [0.25, 0.3) is 22.1 Å². The fourth-order valence-corrected chi connectivity index (χ4v) is 2.24. The molecule has 0 spiro atoms. The van der Waals surface area contributed by atoms with E-state index in [1.165, 1.54) is 11.1 Å². The van der Waals surface area contributed by atoms with Gasteiger partial charge >= 0.3 is 60.9 Å². The minimum atomic E-state index is -2.61. The molecule has 1 nitrogen and oxygen atoms in total. The fraction of sp³-hybridized carbons (Fsp3) is 0.118. The van der Waals surface area contributed by atoms with E-state index in [4.69, 9.17) is 44.8 Å². The standard InChI is InChI=1S/C17H15O.4ClH.Fe/c1-2-16-15(13-8-4-3-5-9-13)12-14-10-6-7-11-17(14)18-16;;;;;/h3-12H,2H2,1H3;4*1H;/q+1;;;;;+3/p-4. The van der Waals surface area contributed by atoms with E-state index >= 15 is 0 Å². The van der Waals surface area contributed by atoms with Crippen molar-refractivity contribution < 1.29 is 13.6 Å². The van der Waals surface area contributed by atoms with Gasteiger partial charge in [-0.05, 0) is 17.7 Å². The molecule has 0 aliphatic carbocycles. The van der Waals surface area contributed by atoms with Gasteiger partial charge in [-0.25, -0.2) is 4.42 Å². The number of para-hydroxylation sites is 1. The first-order valence-electron chi connectivity index (χ1n) is 6.82. The van der Waals surface area contributed by atoms with E-state index in [9.17, 15) is 0 Å². The van der Waals surface area contributed by atoms with Gasteiger partial charge in [0.2, 0.25) is 0 Å². The monoisotopic (exact) mass is 431 g/mol. The number of rotatable bonds is 2. The Morgan fingerprint density at radius 2 is 1.43 bits per heavy atom. The quantitative estimate of drug-likeness (QED) is 0.298. The van der Waals surface area contributed by atoms with Gasteiger partial charge < -0.3 is 0 Å². The molecule has 0 unspecified atom stereocenters. The van der Waals surface area contributed by atoms with E-state index in [-0.39, 0.29) is 0 Å². The maximum absolute atomic E-state index is 6.00. The fourth-order valence-electron chi connectivity index (χ4n) is 2.24. The second-order valence-corrected chi connectivity index (χ2v) is 15.6. The molecule has 1 heterocycles. The van der Waals surface area contributed by atoms with Crippen molar-refractivity contribution in [3.63, 3.8) is 0 Å². The van der Waals surface area contributed by atoms with Crippen LogP contribution in [0.2, 0.25) is 0 Å². The summed E-state index contributed by atoms with van der Waals surface area (Å²) in [5.74, 6) is 1.04. The Morgan fingerprint density at radius 3 is 2.04 bits per heavy atom. The number of hydrogen-bond acceptors (Lipinski definition) is 0. The summed E-state index contributed by atoms with van der Waals surface area (Å²) in [5.41, 5.74) is 3.36. The molecule has 125 valence electrons. The molecule has 0 bridgehead atoms. The first-order chi connectivity index (χ1) is 10.9. The molecule has 0 radical (unpaired) electrons. The summed E-state index contributed by atoms with van der Waals surface area (Å²) in [6.45, 7) is 2.13. The van der Waals surface area contributed by atoms with Gasteiger partial charge in [-0.2, -0.15) is 0 Å². The molecule has 2 aromatic carbocycles. The van der Waals surface area contributed by atoms with Crippen molar-refractivity contribution in [3.8, 4) is 11.1 Å². The van der Waals surface area contributed by atoms with Gasteiger partial charge in [0.1, 0.15) is 0 Å². The Morgan fingerprint density at radius 1 is 0.870 bits per heavy atom. The normalized spacial score (nSPS) is 11.7. The Hall–Kier alpha value is -0.471. The van der Waals surface area contributed by atoms with Crippen LogP contribution in [0.1, 0.15) is 12.7 Å². The van der Waals surface area contributed by atoms with Crippen LogP contribution in [-0.4, -0.2) is 0 Å². The van der Waals surface area contributed by atoms with E-state index in [0.717, 1.165) is 23.2 Å². The van der Waals surface area contributed by atoms with Crippen LogP contribution in [-0.2, 0) is 15.6 Å². The summed E-state index contributed by atoms with van der Waals surface area (Å²) >= 11 is 0. The number of hydrogen-bond donors (Lipinski definition) is 0. The molecular weight excluding hydrogens is 418 g/mol. The van der Waals surface area contributed by atoms with Gasteiger partial charge in [0, 0.05) is 6.07 Å². The van der Waals surface area contributed by atoms with E-state index in [1.54, 1.807) is 0 Å². The molecular formula is C17H15Cl4FeO. The van der Waals surface area contributed by atoms with Crippen molar-refractivity contribution in [2.45, 2.75) is 13.3 Å². The molecule has 23 heavy (non-hydrogen) atoms. The van der Waals surface area contributed by atoms with E-state index in [1.807, 2.05) is 24.3 Å². The van der Waals surface area contributed by atoms with Crippen LogP contribution >= 0.6 is 40.4 Å². The van der Waals surface area contributed by atoms with Crippen LogP contribution in [0.3, 0.4) is 0 Å². The summed E-state index contributed by atoms with van der Waals surface area (Å²) < 4.78 is 6.00. The topological polar surface area (TPSA) is 11.3 Å². The minimum absolute atomic E-state index is 0.898. The molecule has 0 saturated heterocycles. The average Bonchev–Trinajstić information content (AvgIpc) is 2.53. The molecule has 6 heteroatoms. The van der Waals surface area contributed by atoms with Gasteiger partial charge in [-0.3, -0.25) is 0 Å². The van der Waals surface area contributed by atoms with Crippen LogP contribution < -0.4 is 0 Å². The van der Waals surface area contributed by atoms with Gasteiger partial charge in [0.05, 0.1) is 17.4 Å².